The van der Waals surface area contributed by atoms with Crippen molar-refractivity contribution in [2.24, 2.45) is 0 Å². The lowest BCUT2D eigenvalue weighted by Gasteiger charge is -2.21. The Morgan fingerprint density at radius 1 is 0.895 bits per heavy atom. The summed E-state index contributed by atoms with van der Waals surface area (Å²) in [4.78, 5) is 0. The molecule has 0 heterocycles. The molecule has 19 heavy (non-hydrogen) atoms. The van der Waals surface area contributed by atoms with Crippen molar-refractivity contribution >= 4 is 0 Å². The maximum Gasteiger partial charge on any atom is 0.0991 e. The van der Waals surface area contributed by atoms with E-state index in [9.17, 15) is 0 Å². The minimum absolute atomic E-state index is 0.212. The van der Waals surface area contributed by atoms with Gasteiger partial charge < -0.3 is 5.32 Å². The van der Waals surface area contributed by atoms with Gasteiger partial charge in [0.1, 0.15) is 0 Å². The molecule has 2 rings (SSSR count). The standard InChI is InChI=1S/C17H18N2/c1-13(16-8-4-3-5-9-16)19-14(2)17-10-6-7-15(11-17)12-18/h3-11,13-14,19H,1-2H3/t13-,14?/m1/s1. The van der Waals surface area contributed by atoms with Crippen molar-refractivity contribution < 1.29 is 0 Å². The summed E-state index contributed by atoms with van der Waals surface area (Å²) in [6.07, 6.45) is 0. The molecular weight excluding hydrogens is 232 g/mol. The number of nitrogens with one attached hydrogen (secondary N) is 1. The lowest BCUT2D eigenvalue weighted by atomic mass is 10.0. The first-order chi connectivity index (χ1) is 9.20. The zero-order valence-corrected chi connectivity index (χ0v) is 11.3. The van der Waals surface area contributed by atoms with Crippen LogP contribution in [0.3, 0.4) is 0 Å². The van der Waals surface area contributed by atoms with E-state index in [4.69, 9.17) is 5.26 Å². The molecule has 0 radical (unpaired) electrons. The molecule has 0 spiro atoms. The maximum absolute atomic E-state index is 8.93. The predicted molar refractivity (Wildman–Crippen MR) is 77.6 cm³/mol. The van der Waals surface area contributed by atoms with E-state index in [-0.39, 0.29) is 12.1 Å². The van der Waals surface area contributed by atoms with Crippen LogP contribution < -0.4 is 5.32 Å². The van der Waals surface area contributed by atoms with E-state index in [1.807, 2.05) is 24.3 Å². The third kappa shape index (κ3) is 3.43. The summed E-state index contributed by atoms with van der Waals surface area (Å²) in [6, 6.07) is 20.8. The third-order valence-corrected chi connectivity index (χ3v) is 3.32. The smallest absolute Gasteiger partial charge is 0.0991 e. The Morgan fingerprint density at radius 3 is 2.21 bits per heavy atom. The average molecular weight is 250 g/mol. The number of hydrogen-bond acceptors (Lipinski definition) is 2. The van der Waals surface area contributed by atoms with Crippen molar-refractivity contribution in [2.75, 3.05) is 0 Å². The largest absolute Gasteiger partial charge is 0.304 e. The Hall–Kier alpha value is -2.11. The van der Waals surface area contributed by atoms with Gasteiger partial charge in [0, 0.05) is 12.1 Å². The summed E-state index contributed by atoms with van der Waals surface area (Å²) < 4.78 is 0. The summed E-state index contributed by atoms with van der Waals surface area (Å²) in [5, 5.41) is 12.5. The second-order valence-electron chi connectivity index (χ2n) is 4.76. The Labute approximate surface area is 114 Å². The molecule has 1 N–H and O–H groups in total. The second-order valence-corrected chi connectivity index (χ2v) is 4.76. The molecule has 0 fully saturated rings. The Balaban J connectivity index is 2.08. The lowest BCUT2D eigenvalue weighted by molar-refractivity contribution is 0.494. The number of rotatable bonds is 4. The molecule has 2 aromatic carbocycles. The van der Waals surface area contributed by atoms with E-state index in [0.717, 1.165) is 5.56 Å². The number of nitrogens with zero attached hydrogens (tertiary/aromatic N) is 1. The molecule has 0 amide bonds. The molecule has 2 heteroatoms. The van der Waals surface area contributed by atoms with Gasteiger partial charge in [0.05, 0.1) is 11.6 Å². The zero-order chi connectivity index (χ0) is 13.7. The van der Waals surface area contributed by atoms with Gasteiger partial charge >= 0.3 is 0 Å². The van der Waals surface area contributed by atoms with Gasteiger partial charge in [-0.2, -0.15) is 5.26 Å². The highest BCUT2D eigenvalue weighted by molar-refractivity contribution is 5.34. The van der Waals surface area contributed by atoms with Crippen LogP contribution in [0.2, 0.25) is 0 Å². The molecule has 0 aliphatic heterocycles. The van der Waals surface area contributed by atoms with E-state index in [1.165, 1.54) is 5.56 Å². The number of hydrogen-bond donors (Lipinski definition) is 1. The van der Waals surface area contributed by atoms with Crippen molar-refractivity contribution in [3.05, 3.63) is 71.3 Å². The second kappa shape index (κ2) is 6.17. The van der Waals surface area contributed by atoms with Gasteiger partial charge in [0.2, 0.25) is 0 Å². The summed E-state index contributed by atoms with van der Waals surface area (Å²) in [5.74, 6) is 0. The first-order valence-electron chi connectivity index (χ1n) is 6.52. The fourth-order valence-corrected chi connectivity index (χ4v) is 2.19. The molecule has 0 aromatic heterocycles. The van der Waals surface area contributed by atoms with E-state index < -0.39 is 0 Å². The molecule has 2 atom stereocenters. The van der Waals surface area contributed by atoms with E-state index >= 15 is 0 Å². The average Bonchev–Trinajstić information content (AvgIpc) is 2.48. The van der Waals surface area contributed by atoms with Crippen LogP contribution in [0.25, 0.3) is 0 Å². The molecular formula is C17H18N2. The first kappa shape index (κ1) is 13.3. The Bertz CT molecular complexity index is 569. The van der Waals surface area contributed by atoms with Gasteiger partial charge in [-0.25, -0.2) is 0 Å². The molecule has 96 valence electrons. The third-order valence-electron chi connectivity index (χ3n) is 3.32. The van der Waals surface area contributed by atoms with E-state index in [2.05, 4.69) is 55.6 Å². The van der Waals surface area contributed by atoms with Crippen LogP contribution in [-0.2, 0) is 0 Å². The summed E-state index contributed by atoms with van der Waals surface area (Å²) in [6.45, 7) is 4.27. The van der Waals surface area contributed by atoms with Gasteiger partial charge in [-0.3, -0.25) is 0 Å². The molecule has 2 aromatic rings. The van der Waals surface area contributed by atoms with Crippen molar-refractivity contribution in [1.82, 2.24) is 5.32 Å². The van der Waals surface area contributed by atoms with Crippen LogP contribution in [0.15, 0.2) is 54.6 Å². The minimum atomic E-state index is 0.212. The highest BCUT2D eigenvalue weighted by atomic mass is 14.9. The minimum Gasteiger partial charge on any atom is -0.304 e. The van der Waals surface area contributed by atoms with Gasteiger partial charge in [0.15, 0.2) is 0 Å². The summed E-state index contributed by atoms with van der Waals surface area (Å²) in [5.41, 5.74) is 3.12. The molecule has 0 aliphatic carbocycles. The van der Waals surface area contributed by atoms with Crippen LogP contribution in [-0.4, -0.2) is 0 Å². The Kier molecular flexibility index (Phi) is 4.33. The van der Waals surface area contributed by atoms with Gasteiger partial charge in [-0.05, 0) is 37.1 Å². The molecule has 0 saturated carbocycles. The first-order valence-corrected chi connectivity index (χ1v) is 6.52. The highest BCUT2D eigenvalue weighted by Crippen LogP contribution is 2.19. The van der Waals surface area contributed by atoms with E-state index in [0.29, 0.717) is 5.56 Å². The van der Waals surface area contributed by atoms with Crippen LogP contribution in [0.4, 0.5) is 0 Å². The fraction of sp³-hybridized carbons (Fsp3) is 0.235. The predicted octanol–water partition coefficient (Wildman–Crippen LogP) is 3.97. The van der Waals surface area contributed by atoms with E-state index in [1.54, 1.807) is 0 Å². The topological polar surface area (TPSA) is 35.8 Å². The zero-order valence-electron chi connectivity index (χ0n) is 11.3. The molecule has 0 aliphatic rings. The van der Waals surface area contributed by atoms with Crippen molar-refractivity contribution in [2.45, 2.75) is 25.9 Å². The highest BCUT2D eigenvalue weighted by Gasteiger charge is 2.11. The van der Waals surface area contributed by atoms with Crippen LogP contribution in [0, 0.1) is 11.3 Å². The van der Waals surface area contributed by atoms with Gasteiger partial charge in [-0.1, -0.05) is 42.5 Å². The van der Waals surface area contributed by atoms with Crippen LogP contribution >= 0.6 is 0 Å². The normalized spacial score (nSPS) is 13.5. The van der Waals surface area contributed by atoms with Crippen molar-refractivity contribution in [3.8, 4) is 6.07 Å². The van der Waals surface area contributed by atoms with Crippen LogP contribution in [0.5, 0.6) is 0 Å². The number of benzene rings is 2. The summed E-state index contributed by atoms with van der Waals surface area (Å²) in [7, 11) is 0. The number of nitriles is 1. The van der Waals surface area contributed by atoms with Gasteiger partial charge in [0.25, 0.3) is 0 Å². The molecule has 1 unspecified atom stereocenters. The Morgan fingerprint density at radius 2 is 1.53 bits per heavy atom. The maximum atomic E-state index is 8.93. The molecule has 0 saturated heterocycles. The van der Waals surface area contributed by atoms with Crippen molar-refractivity contribution in [1.29, 1.82) is 5.26 Å². The molecule has 0 bridgehead atoms. The molecule has 2 nitrogen and oxygen atoms in total. The van der Waals surface area contributed by atoms with Crippen LogP contribution in [0.1, 0.15) is 42.6 Å². The van der Waals surface area contributed by atoms with Gasteiger partial charge in [-0.15, -0.1) is 0 Å². The fourth-order valence-electron chi connectivity index (χ4n) is 2.19. The monoisotopic (exact) mass is 250 g/mol. The quantitative estimate of drug-likeness (QED) is 0.891. The summed E-state index contributed by atoms with van der Waals surface area (Å²) >= 11 is 0. The van der Waals surface area contributed by atoms with Crippen molar-refractivity contribution in [3.63, 3.8) is 0 Å². The SMILES string of the molecule is CC(N[C@H](C)c1ccccc1)c1cccc(C#N)c1. The lowest BCUT2D eigenvalue weighted by Crippen LogP contribution is -2.22.